The molecule has 78 valence electrons. The molecular formula is C11H11NO3. The number of carboxylic acid groups (broad SMARTS) is 1. The molecule has 1 aromatic heterocycles. The molecule has 0 fully saturated rings. The Morgan fingerprint density at radius 2 is 2.20 bits per heavy atom. The van der Waals surface area contributed by atoms with E-state index in [1.165, 1.54) is 0 Å². The molecule has 0 saturated heterocycles. The van der Waals surface area contributed by atoms with E-state index < -0.39 is 11.9 Å². The van der Waals surface area contributed by atoms with Gasteiger partial charge in [-0.2, -0.15) is 0 Å². The molecule has 3 N–H and O–H groups in total. The lowest BCUT2D eigenvalue weighted by Gasteiger charge is -2.03. The van der Waals surface area contributed by atoms with Gasteiger partial charge in [-0.25, -0.2) is 0 Å². The van der Waals surface area contributed by atoms with Gasteiger partial charge in [-0.05, 0) is 24.6 Å². The average Bonchev–Trinajstić information content (AvgIpc) is 2.59. The zero-order valence-electron chi connectivity index (χ0n) is 8.19. The number of aromatic hydroxyl groups is 1. The number of phenols is 1. The molecule has 2 rings (SSSR count). The topological polar surface area (TPSA) is 73.3 Å². The Balaban J connectivity index is 2.59. The van der Waals surface area contributed by atoms with E-state index >= 15 is 0 Å². The molecule has 4 nitrogen and oxygen atoms in total. The smallest absolute Gasteiger partial charge is 0.310 e. The Labute approximate surface area is 86.2 Å². The van der Waals surface area contributed by atoms with Crippen molar-refractivity contribution in [3.63, 3.8) is 0 Å². The van der Waals surface area contributed by atoms with Gasteiger partial charge >= 0.3 is 5.97 Å². The zero-order valence-corrected chi connectivity index (χ0v) is 8.19. The lowest BCUT2D eigenvalue weighted by Crippen LogP contribution is -2.06. The van der Waals surface area contributed by atoms with E-state index in [1.54, 1.807) is 31.3 Å². The molecule has 1 aromatic carbocycles. The van der Waals surface area contributed by atoms with Gasteiger partial charge in [-0.1, -0.05) is 0 Å². The van der Waals surface area contributed by atoms with E-state index in [1.807, 2.05) is 0 Å². The van der Waals surface area contributed by atoms with Crippen molar-refractivity contribution in [2.75, 3.05) is 0 Å². The van der Waals surface area contributed by atoms with Crippen LogP contribution in [0.5, 0.6) is 5.75 Å². The highest BCUT2D eigenvalue weighted by atomic mass is 16.4. The molecule has 0 radical (unpaired) electrons. The number of aromatic amines is 1. The van der Waals surface area contributed by atoms with Crippen molar-refractivity contribution in [2.45, 2.75) is 12.8 Å². The highest BCUT2D eigenvalue weighted by Crippen LogP contribution is 2.27. The number of carbonyl (C=O) groups is 1. The van der Waals surface area contributed by atoms with Gasteiger partial charge in [-0.15, -0.1) is 0 Å². The van der Waals surface area contributed by atoms with Gasteiger partial charge in [0, 0.05) is 23.2 Å². The number of aliphatic carboxylic acids is 1. The fourth-order valence-corrected chi connectivity index (χ4v) is 1.63. The average molecular weight is 205 g/mol. The van der Waals surface area contributed by atoms with Crippen LogP contribution < -0.4 is 0 Å². The van der Waals surface area contributed by atoms with Crippen LogP contribution in [0.15, 0.2) is 24.4 Å². The summed E-state index contributed by atoms with van der Waals surface area (Å²) >= 11 is 0. The number of hydrogen-bond donors (Lipinski definition) is 3. The van der Waals surface area contributed by atoms with Gasteiger partial charge < -0.3 is 15.2 Å². The number of carboxylic acids is 1. The quantitative estimate of drug-likeness (QED) is 0.702. The van der Waals surface area contributed by atoms with Crippen LogP contribution in [0.4, 0.5) is 0 Å². The normalized spacial score (nSPS) is 12.9. The summed E-state index contributed by atoms with van der Waals surface area (Å²) < 4.78 is 0. The molecule has 15 heavy (non-hydrogen) atoms. The van der Waals surface area contributed by atoms with Crippen molar-refractivity contribution in [1.82, 2.24) is 4.98 Å². The minimum Gasteiger partial charge on any atom is -0.508 e. The van der Waals surface area contributed by atoms with E-state index in [-0.39, 0.29) is 5.75 Å². The third-order valence-electron chi connectivity index (χ3n) is 2.53. The monoisotopic (exact) mass is 205 g/mol. The van der Waals surface area contributed by atoms with Crippen LogP contribution in [0.1, 0.15) is 18.4 Å². The van der Waals surface area contributed by atoms with Gasteiger partial charge in [0.05, 0.1) is 5.92 Å². The summed E-state index contributed by atoms with van der Waals surface area (Å²) in [6, 6.07) is 4.84. The van der Waals surface area contributed by atoms with Crippen molar-refractivity contribution in [2.24, 2.45) is 0 Å². The molecule has 0 spiro atoms. The Kier molecular flexibility index (Phi) is 2.11. The predicted octanol–water partition coefficient (Wildman–Crippen LogP) is 2.06. The summed E-state index contributed by atoms with van der Waals surface area (Å²) in [5.41, 5.74) is 1.48. The van der Waals surface area contributed by atoms with Gasteiger partial charge in [0.25, 0.3) is 0 Å². The molecule has 0 aliphatic heterocycles. The summed E-state index contributed by atoms with van der Waals surface area (Å²) in [7, 11) is 0. The third-order valence-corrected chi connectivity index (χ3v) is 2.53. The van der Waals surface area contributed by atoms with Crippen LogP contribution >= 0.6 is 0 Å². The maximum absolute atomic E-state index is 10.8. The fraction of sp³-hybridized carbons (Fsp3) is 0.182. The van der Waals surface area contributed by atoms with Crippen LogP contribution in [0.25, 0.3) is 10.9 Å². The number of fused-ring (bicyclic) bond motifs is 1. The summed E-state index contributed by atoms with van der Waals surface area (Å²) in [5.74, 6) is -1.24. The number of benzene rings is 1. The van der Waals surface area contributed by atoms with Gasteiger partial charge in [0.15, 0.2) is 0 Å². The molecular weight excluding hydrogens is 194 g/mol. The largest absolute Gasteiger partial charge is 0.508 e. The first-order valence-corrected chi connectivity index (χ1v) is 4.62. The molecule has 1 unspecified atom stereocenters. The second kappa shape index (κ2) is 3.31. The predicted molar refractivity (Wildman–Crippen MR) is 56.0 cm³/mol. The van der Waals surface area contributed by atoms with Crippen LogP contribution in [-0.4, -0.2) is 21.2 Å². The van der Waals surface area contributed by atoms with E-state index in [0.717, 1.165) is 16.5 Å². The molecule has 0 saturated carbocycles. The number of H-pyrrole nitrogens is 1. The Hall–Kier alpha value is -1.97. The van der Waals surface area contributed by atoms with E-state index in [2.05, 4.69) is 4.98 Å². The van der Waals surface area contributed by atoms with Crippen LogP contribution in [-0.2, 0) is 4.79 Å². The standard InChI is InChI=1S/C11H11NO3/c1-6(11(14)15)9-5-12-10-4-7(13)2-3-8(9)10/h2-6,12-13H,1H3,(H,14,15). The van der Waals surface area contributed by atoms with Gasteiger partial charge in [-0.3, -0.25) is 4.79 Å². The van der Waals surface area contributed by atoms with Gasteiger partial charge in [0.2, 0.25) is 0 Å². The highest BCUT2D eigenvalue weighted by Gasteiger charge is 2.17. The number of rotatable bonds is 2. The summed E-state index contributed by atoms with van der Waals surface area (Å²) in [5, 5.41) is 19.0. The van der Waals surface area contributed by atoms with Crippen molar-refractivity contribution in [1.29, 1.82) is 0 Å². The van der Waals surface area contributed by atoms with Crippen LogP contribution in [0, 0.1) is 0 Å². The van der Waals surface area contributed by atoms with E-state index in [0.29, 0.717) is 0 Å². The lowest BCUT2D eigenvalue weighted by atomic mass is 10.0. The summed E-state index contributed by atoms with van der Waals surface area (Å²) in [4.78, 5) is 13.8. The first kappa shape index (κ1) is 9.58. The Morgan fingerprint density at radius 3 is 2.87 bits per heavy atom. The third kappa shape index (κ3) is 1.54. The zero-order chi connectivity index (χ0) is 11.0. The molecule has 0 bridgehead atoms. The van der Waals surface area contributed by atoms with Crippen LogP contribution in [0.3, 0.4) is 0 Å². The maximum Gasteiger partial charge on any atom is 0.310 e. The molecule has 0 amide bonds. The molecule has 1 atom stereocenters. The van der Waals surface area contributed by atoms with Crippen molar-refractivity contribution < 1.29 is 15.0 Å². The van der Waals surface area contributed by atoms with Crippen molar-refractivity contribution in [3.05, 3.63) is 30.0 Å². The minimum atomic E-state index is -0.857. The second-order valence-corrected chi connectivity index (χ2v) is 3.53. The minimum absolute atomic E-state index is 0.166. The number of hydrogen-bond acceptors (Lipinski definition) is 2. The Bertz CT molecular complexity index is 516. The lowest BCUT2D eigenvalue weighted by molar-refractivity contribution is -0.138. The van der Waals surface area contributed by atoms with E-state index in [4.69, 9.17) is 5.11 Å². The second-order valence-electron chi connectivity index (χ2n) is 3.53. The summed E-state index contributed by atoms with van der Waals surface area (Å²) in [6.45, 7) is 1.64. The summed E-state index contributed by atoms with van der Waals surface area (Å²) in [6.07, 6.45) is 1.67. The molecule has 4 heteroatoms. The maximum atomic E-state index is 10.8. The highest BCUT2D eigenvalue weighted by molar-refractivity contribution is 5.89. The molecule has 0 aliphatic carbocycles. The van der Waals surface area contributed by atoms with E-state index in [9.17, 15) is 9.90 Å². The fourth-order valence-electron chi connectivity index (χ4n) is 1.63. The number of nitrogens with one attached hydrogen (secondary N) is 1. The number of aromatic nitrogens is 1. The van der Waals surface area contributed by atoms with Crippen LogP contribution in [0.2, 0.25) is 0 Å². The Morgan fingerprint density at radius 1 is 1.47 bits per heavy atom. The number of phenolic OH excluding ortho intramolecular Hbond substituents is 1. The molecule has 1 heterocycles. The molecule has 0 aliphatic rings. The van der Waals surface area contributed by atoms with Crippen molar-refractivity contribution >= 4 is 16.9 Å². The SMILES string of the molecule is CC(C(=O)O)c1c[nH]c2cc(O)ccc12. The van der Waals surface area contributed by atoms with Crippen molar-refractivity contribution in [3.8, 4) is 5.75 Å². The first-order valence-electron chi connectivity index (χ1n) is 4.62. The first-order chi connectivity index (χ1) is 7.09. The van der Waals surface area contributed by atoms with Gasteiger partial charge in [0.1, 0.15) is 5.75 Å². The molecule has 2 aromatic rings.